The topological polar surface area (TPSA) is 138 Å². The van der Waals surface area contributed by atoms with Gasteiger partial charge in [0.1, 0.15) is 0 Å². The van der Waals surface area contributed by atoms with Gasteiger partial charge in [0.15, 0.2) is 6.61 Å². The number of carbonyl (C=O) groups is 4. The second-order valence-electron chi connectivity index (χ2n) is 1.91. The fourth-order valence-electron chi connectivity index (χ4n) is 0.200. The Morgan fingerprint density at radius 2 is 1.31 bits per heavy atom. The normalized spacial score (nSPS) is 8.69. The molecule has 92 valence electrons. The van der Waals surface area contributed by atoms with Crippen LogP contribution in [0.1, 0.15) is 0 Å². The molecule has 0 saturated heterocycles. The van der Waals surface area contributed by atoms with E-state index in [9.17, 15) is 18.4 Å². The van der Waals surface area contributed by atoms with E-state index in [2.05, 4.69) is 4.74 Å². The molecule has 0 fully saturated rings. The highest BCUT2D eigenvalue weighted by Crippen LogP contribution is 1.92. The van der Waals surface area contributed by atoms with Crippen LogP contribution in [-0.2, 0) is 23.9 Å². The van der Waals surface area contributed by atoms with Crippen molar-refractivity contribution in [3.05, 3.63) is 0 Å². The van der Waals surface area contributed by atoms with E-state index in [1.165, 1.54) is 0 Å². The van der Waals surface area contributed by atoms with Crippen LogP contribution in [0.5, 0.6) is 0 Å². The third-order valence-corrected chi connectivity index (χ3v) is 0.698. The highest BCUT2D eigenvalue weighted by Gasteiger charge is 2.14. The number of halogens is 2. The van der Waals surface area contributed by atoms with Crippen LogP contribution in [0, 0.1) is 0 Å². The molecule has 0 unspecified atom stereocenters. The minimum absolute atomic E-state index is 1.18. The van der Waals surface area contributed by atoms with Crippen LogP contribution in [0.15, 0.2) is 0 Å². The van der Waals surface area contributed by atoms with Gasteiger partial charge in [-0.3, -0.25) is 0 Å². The molecule has 0 aromatic rings. The first-order valence-electron chi connectivity index (χ1n) is 3.32. The van der Waals surface area contributed by atoms with Gasteiger partial charge in [-0.15, -0.1) is 0 Å². The van der Waals surface area contributed by atoms with Gasteiger partial charge in [0.05, 0.1) is 0 Å². The number of aliphatic carboxylic acids is 3. The van der Waals surface area contributed by atoms with Crippen molar-refractivity contribution in [1.29, 1.82) is 0 Å². The molecule has 0 amide bonds. The van der Waals surface area contributed by atoms with Crippen molar-refractivity contribution in [3.8, 4) is 0 Å². The number of hydrogen-bond acceptors (Lipinski definition) is 5. The molecule has 0 aromatic carbocycles. The number of ether oxygens (including phenoxy) is 1. The summed E-state index contributed by atoms with van der Waals surface area (Å²) in [6.45, 7) is -1.18. The average molecular weight is 244 g/mol. The molecule has 10 heteroatoms. The maximum Gasteiger partial charge on any atom is 0.417 e. The number of hydrogen-bond donors (Lipinski definition) is 3. The first kappa shape index (κ1) is 16.2. The molecule has 0 aliphatic carbocycles. The third-order valence-electron chi connectivity index (χ3n) is 0.698. The first-order valence-corrected chi connectivity index (χ1v) is 3.32. The molecule has 0 aliphatic heterocycles. The van der Waals surface area contributed by atoms with E-state index in [4.69, 9.17) is 24.9 Å². The standard InChI is InChI=1S/C4H4F2O4.C2H2O4/c5-2(6)1-10-4(9)3(7)8;3-1(4)2(5)6/h2H,1H2,(H,7,8);(H,3,4)(H,5,6). The van der Waals surface area contributed by atoms with Crippen LogP contribution in [0.25, 0.3) is 0 Å². The molecule has 0 spiro atoms. The van der Waals surface area contributed by atoms with Gasteiger partial charge in [0.2, 0.25) is 0 Å². The van der Waals surface area contributed by atoms with E-state index < -0.39 is 36.9 Å². The number of esters is 1. The van der Waals surface area contributed by atoms with Gasteiger partial charge >= 0.3 is 23.9 Å². The maximum absolute atomic E-state index is 11.2. The zero-order valence-corrected chi connectivity index (χ0v) is 7.42. The lowest BCUT2D eigenvalue weighted by molar-refractivity contribution is -0.166. The van der Waals surface area contributed by atoms with Crippen molar-refractivity contribution < 1.29 is 48.0 Å². The molecular formula is C6H6F2O8. The van der Waals surface area contributed by atoms with Crippen molar-refractivity contribution in [3.63, 3.8) is 0 Å². The van der Waals surface area contributed by atoms with Crippen LogP contribution >= 0.6 is 0 Å². The number of carboxylic acids is 3. The molecule has 0 heterocycles. The molecule has 0 radical (unpaired) electrons. The Bertz CT molecular complexity index is 274. The molecule has 8 nitrogen and oxygen atoms in total. The predicted octanol–water partition coefficient (Wildman–Crippen LogP) is -0.965. The summed E-state index contributed by atoms with van der Waals surface area (Å²) in [6, 6.07) is 0. The minimum atomic E-state index is -2.83. The third kappa shape index (κ3) is 11.7. The summed E-state index contributed by atoms with van der Waals surface area (Å²) in [5.41, 5.74) is 0. The number of carbonyl (C=O) groups excluding carboxylic acids is 1. The zero-order valence-electron chi connectivity index (χ0n) is 7.42. The second kappa shape index (κ2) is 8.08. The quantitative estimate of drug-likeness (QED) is 0.416. The highest BCUT2D eigenvalue weighted by molar-refractivity contribution is 6.28. The lowest BCUT2D eigenvalue weighted by atomic mass is 10.7. The summed E-state index contributed by atoms with van der Waals surface area (Å²) in [4.78, 5) is 37.7. The summed E-state index contributed by atoms with van der Waals surface area (Å²) >= 11 is 0. The minimum Gasteiger partial charge on any atom is -0.473 e. The van der Waals surface area contributed by atoms with Crippen molar-refractivity contribution >= 4 is 23.9 Å². The summed E-state index contributed by atoms with van der Waals surface area (Å²) in [6.07, 6.45) is -2.83. The van der Waals surface area contributed by atoms with Gasteiger partial charge in [-0.25, -0.2) is 28.0 Å². The van der Waals surface area contributed by atoms with E-state index in [-0.39, 0.29) is 0 Å². The molecule has 0 aliphatic rings. The molecule has 0 saturated carbocycles. The summed E-state index contributed by atoms with van der Waals surface area (Å²) in [7, 11) is 0. The van der Waals surface area contributed by atoms with Gasteiger partial charge in [-0.1, -0.05) is 0 Å². The van der Waals surface area contributed by atoms with Gasteiger partial charge < -0.3 is 20.1 Å². The maximum atomic E-state index is 11.2. The van der Waals surface area contributed by atoms with Crippen LogP contribution in [0.2, 0.25) is 0 Å². The van der Waals surface area contributed by atoms with E-state index in [1.54, 1.807) is 0 Å². The Morgan fingerprint density at radius 1 is 0.938 bits per heavy atom. The van der Waals surface area contributed by atoms with Crippen molar-refractivity contribution in [2.24, 2.45) is 0 Å². The van der Waals surface area contributed by atoms with Crippen LogP contribution < -0.4 is 0 Å². The summed E-state index contributed by atoms with van der Waals surface area (Å²) in [5, 5.41) is 22.6. The van der Waals surface area contributed by atoms with Crippen LogP contribution in [0.4, 0.5) is 8.78 Å². The fraction of sp³-hybridized carbons (Fsp3) is 0.333. The monoisotopic (exact) mass is 244 g/mol. The fourth-order valence-corrected chi connectivity index (χ4v) is 0.200. The molecular weight excluding hydrogens is 238 g/mol. The number of carboxylic acid groups (broad SMARTS) is 3. The van der Waals surface area contributed by atoms with Crippen LogP contribution in [-0.4, -0.2) is 52.2 Å². The molecule has 3 N–H and O–H groups in total. The summed E-state index contributed by atoms with van der Waals surface area (Å²) in [5.74, 6) is -7.19. The Balaban J connectivity index is 0. The molecule has 0 atom stereocenters. The van der Waals surface area contributed by atoms with Gasteiger partial charge in [0, 0.05) is 0 Å². The van der Waals surface area contributed by atoms with Crippen LogP contribution in [0.3, 0.4) is 0 Å². The predicted molar refractivity (Wildman–Crippen MR) is 39.9 cm³/mol. The Hall–Kier alpha value is -2.26. The summed E-state index contributed by atoms with van der Waals surface area (Å²) < 4.78 is 26.0. The van der Waals surface area contributed by atoms with Gasteiger partial charge in [-0.05, 0) is 0 Å². The molecule has 0 rings (SSSR count). The Labute approximate surface area is 86.0 Å². The number of alkyl halides is 2. The second-order valence-corrected chi connectivity index (χ2v) is 1.91. The van der Waals surface area contributed by atoms with Crippen molar-refractivity contribution in [1.82, 2.24) is 0 Å². The SMILES string of the molecule is O=C(O)C(=O)O.O=C(O)C(=O)OCC(F)F. The Kier molecular flexibility index (Phi) is 8.17. The smallest absolute Gasteiger partial charge is 0.417 e. The van der Waals surface area contributed by atoms with E-state index in [0.717, 1.165) is 0 Å². The van der Waals surface area contributed by atoms with E-state index >= 15 is 0 Å². The average Bonchev–Trinajstić information content (AvgIpc) is 2.14. The molecule has 0 bridgehead atoms. The van der Waals surface area contributed by atoms with E-state index in [1.807, 2.05) is 0 Å². The largest absolute Gasteiger partial charge is 0.473 e. The highest BCUT2D eigenvalue weighted by atomic mass is 19.3. The molecule has 16 heavy (non-hydrogen) atoms. The Morgan fingerprint density at radius 3 is 1.50 bits per heavy atom. The van der Waals surface area contributed by atoms with Gasteiger partial charge in [-0.2, -0.15) is 0 Å². The van der Waals surface area contributed by atoms with Gasteiger partial charge in [0.25, 0.3) is 6.43 Å². The van der Waals surface area contributed by atoms with E-state index in [0.29, 0.717) is 0 Å². The van der Waals surface area contributed by atoms with Crippen molar-refractivity contribution in [2.75, 3.05) is 6.61 Å². The first-order chi connectivity index (χ1) is 7.18. The molecule has 0 aromatic heterocycles. The number of rotatable bonds is 2. The lowest BCUT2D eigenvalue weighted by Gasteiger charge is -1.97. The van der Waals surface area contributed by atoms with Crippen molar-refractivity contribution in [2.45, 2.75) is 6.43 Å². The zero-order chi connectivity index (χ0) is 13.3. The lowest BCUT2D eigenvalue weighted by Crippen LogP contribution is -2.19.